The van der Waals surface area contributed by atoms with E-state index in [2.05, 4.69) is 4.90 Å². The van der Waals surface area contributed by atoms with Crippen LogP contribution in [0.1, 0.15) is 37.7 Å². The van der Waals surface area contributed by atoms with Crippen LogP contribution in [0.4, 0.5) is 10.1 Å². The predicted octanol–water partition coefficient (Wildman–Crippen LogP) is 2.79. The maximum Gasteiger partial charge on any atom is 0.147 e. The highest BCUT2D eigenvalue weighted by Crippen LogP contribution is 2.37. The molecule has 2 unspecified atom stereocenters. The molecule has 2 fully saturated rings. The topological polar surface area (TPSA) is 44.1 Å². The summed E-state index contributed by atoms with van der Waals surface area (Å²) in [4.78, 5) is 13.7. The Labute approximate surface area is 111 Å². The van der Waals surface area contributed by atoms with Crippen LogP contribution >= 0.6 is 0 Å². The Balaban J connectivity index is 1.97. The number of nitriles is 1. The summed E-state index contributed by atoms with van der Waals surface area (Å²) in [6.45, 7) is 0. The van der Waals surface area contributed by atoms with Crippen LogP contribution in [0.25, 0.3) is 0 Å². The van der Waals surface area contributed by atoms with Crippen LogP contribution in [0.5, 0.6) is 0 Å². The molecule has 0 saturated carbocycles. The largest absolute Gasteiger partial charge is 0.362 e. The van der Waals surface area contributed by atoms with Crippen LogP contribution < -0.4 is 4.90 Å². The van der Waals surface area contributed by atoms with Gasteiger partial charge in [0.1, 0.15) is 11.6 Å². The summed E-state index contributed by atoms with van der Waals surface area (Å²) in [5, 5.41) is 8.78. The van der Waals surface area contributed by atoms with Crippen molar-refractivity contribution in [1.82, 2.24) is 0 Å². The molecule has 2 aliphatic heterocycles. The van der Waals surface area contributed by atoms with Gasteiger partial charge in [-0.05, 0) is 37.5 Å². The van der Waals surface area contributed by atoms with Gasteiger partial charge in [0.25, 0.3) is 0 Å². The molecule has 0 aliphatic carbocycles. The zero-order valence-corrected chi connectivity index (χ0v) is 10.6. The Morgan fingerprint density at radius 3 is 2.53 bits per heavy atom. The maximum absolute atomic E-state index is 14.1. The van der Waals surface area contributed by atoms with Gasteiger partial charge in [-0.2, -0.15) is 5.26 Å². The van der Waals surface area contributed by atoms with E-state index in [-0.39, 0.29) is 17.9 Å². The molecule has 3 rings (SSSR count). The predicted molar refractivity (Wildman–Crippen MR) is 69.3 cm³/mol. The number of hydrogen-bond donors (Lipinski definition) is 0. The van der Waals surface area contributed by atoms with Gasteiger partial charge in [-0.25, -0.2) is 4.39 Å². The van der Waals surface area contributed by atoms with E-state index in [9.17, 15) is 9.18 Å². The van der Waals surface area contributed by atoms with Crippen LogP contribution in [0.2, 0.25) is 0 Å². The molecule has 2 aliphatic rings. The second-order valence-electron chi connectivity index (χ2n) is 5.37. The highest BCUT2D eigenvalue weighted by Gasteiger charge is 2.38. The summed E-state index contributed by atoms with van der Waals surface area (Å²) in [6.07, 6.45) is 4.05. The number of hydrogen-bond acceptors (Lipinski definition) is 3. The van der Waals surface area contributed by atoms with E-state index in [0.717, 1.165) is 19.3 Å². The highest BCUT2D eigenvalue weighted by atomic mass is 19.1. The van der Waals surface area contributed by atoms with E-state index in [1.807, 2.05) is 6.07 Å². The van der Waals surface area contributed by atoms with Crippen molar-refractivity contribution in [2.24, 2.45) is 0 Å². The third-order valence-electron chi connectivity index (χ3n) is 4.14. The third-order valence-corrected chi connectivity index (χ3v) is 4.14. The lowest BCUT2D eigenvalue weighted by Crippen LogP contribution is -2.52. The number of ketones is 1. The molecule has 0 amide bonds. The van der Waals surface area contributed by atoms with Crippen LogP contribution in [0.3, 0.4) is 0 Å². The van der Waals surface area contributed by atoms with Gasteiger partial charge in [-0.3, -0.25) is 4.79 Å². The fraction of sp³-hybridized carbons (Fsp3) is 0.467. The Morgan fingerprint density at radius 2 is 1.95 bits per heavy atom. The molecule has 2 saturated heterocycles. The number of benzene rings is 1. The van der Waals surface area contributed by atoms with Crippen molar-refractivity contribution in [2.75, 3.05) is 4.90 Å². The molecule has 19 heavy (non-hydrogen) atoms. The molecule has 98 valence electrons. The van der Waals surface area contributed by atoms with E-state index >= 15 is 0 Å². The minimum absolute atomic E-state index is 0.127. The molecular weight excluding hydrogens is 243 g/mol. The van der Waals surface area contributed by atoms with Crippen molar-refractivity contribution in [3.05, 3.63) is 29.6 Å². The van der Waals surface area contributed by atoms with E-state index in [4.69, 9.17) is 5.26 Å². The first-order chi connectivity index (χ1) is 9.19. The molecule has 1 aromatic carbocycles. The number of carbonyl (C=O) groups is 1. The molecule has 0 aromatic heterocycles. The van der Waals surface area contributed by atoms with Gasteiger partial charge in [0.15, 0.2) is 0 Å². The number of carbonyl (C=O) groups excluding carboxylic acids is 1. The summed E-state index contributed by atoms with van der Waals surface area (Å²) in [7, 11) is 0. The lowest BCUT2D eigenvalue weighted by molar-refractivity contribution is -0.121. The minimum atomic E-state index is -0.356. The standard InChI is InChI=1S/C15H15FN2O/c16-14-6-10(9-17)4-5-15(14)18-11-2-1-3-12(18)8-13(19)7-11/h4-6,11-12H,1-3,7-8H2. The van der Waals surface area contributed by atoms with Gasteiger partial charge in [-0.1, -0.05) is 0 Å². The summed E-state index contributed by atoms with van der Waals surface area (Å²) in [5.74, 6) is -0.0645. The fourth-order valence-electron chi connectivity index (χ4n) is 3.35. The first kappa shape index (κ1) is 12.2. The van der Waals surface area contributed by atoms with Crippen LogP contribution in [-0.2, 0) is 4.79 Å². The average molecular weight is 258 g/mol. The van der Waals surface area contributed by atoms with Crippen molar-refractivity contribution in [1.29, 1.82) is 5.26 Å². The van der Waals surface area contributed by atoms with E-state index < -0.39 is 0 Å². The van der Waals surface area contributed by atoms with Gasteiger partial charge in [0, 0.05) is 24.9 Å². The van der Waals surface area contributed by atoms with E-state index in [0.29, 0.717) is 29.9 Å². The van der Waals surface area contributed by atoms with Gasteiger partial charge in [0.05, 0.1) is 17.3 Å². The lowest BCUT2D eigenvalue weighted by Gasteiger charge is -2.47. The Bertz CT molecular complexity index is 548. The van der Waals surface area contributed by atoms with Crippen molar-refractivity contribution in [3.8, 4) is 6.07 Å². The average Bonchev–Trinajstić information content (AvgIpc) is 2.38. The molecule has 1 aromatic rings. The minimum Gasteiger partial charge on any atom is -0.362 e. The molecule has 2 bridgehead atoms. The van der Waals surface area contributed by atoms with Crippen LogP contribution in [0, 0.1) is 17.1 Å². The zero-order chi connectivity index (χ0) is 13.4. The molecule has 2 heterocycles. The van der Waals surface area contributed by atoms with Crippen molar-refractivity contribution >= 4 is 11.5 Å². The number of fused-ring (bicyclic) bond motifs is 2. The molecule has 4 heteroatoms. The maximum atomic E-state index is 14.1. The van der Waals surface area contributed by atoms with Gasteiger partial charge >= 0.3 is 0 Å². The van der Waals surface area contributed by atoms with E-state index in [1.54, 1.807) is 12.1 Å². The number of nitrogens with zero attached hydrogens (tertiary/aromatic N) is 2. The number of halogens is 1. The highest BCUT2D eigenvalue weighted by molar-refractivity contribution is 5.82. The number of anilines is 1. The summed E-state index contributed by atoms with van der Waals surface area (Å²) in [5.41, 5.74) is 0.876. The Hall–Kier alpha value is -1.89. The third kappa shape index (κ3) is 2.10. The quantitative estimate of drug-likeness (QED) is 0.778. The Kier molecular flexibility index (Phi) is 2.98. The summed E-state index contributed by atoms with van der Waals surface area (Å²) < 4.78 is 14.1. The second kappa shape index (κ2) is 4.65. The number of Topliss-reactive ketones (excluding diaryl/α,β-unsaturated/α-hetero) is 1. The van der Waals surface area contributed by atoms with Gasteiger partial charge in [-0.15, -0.1) is 0 Å². The monoisotopic (exact) mass is 258 g/mol. The second-order valence-corrected chi connectivity index (χ2v) is 5.37. The van der Waals surface area contributed by atoms with Crippen LogP contribution in [-0.4, -0.2) is 17.9 Å². The van der Waals surface area contributed by atoms with Crippen molar-refractivity contribution in [3.63, 3.8) is 0 Å². The lowest BCUT2D eigenvalue weighted by atomic mass is 9.83. The number of rotatable bonds is 1. The van der Waals surface area contributed by atoms with E-state index in [1.165, 1.54) is 6.07 Å². The van der Waals surface area contributed by atoms with Gasteiger partial charge in [0.2, 0.25) is 0 Å². The van der Waals surface area contributed by atoms with Crippen LogP contribution in [0.15, 0.2) is 18.2 Å². The molecule has 0 radical (unpaired) electrons. The SMILES string of the molecule is N#Cc1ccc(N2C3CCCC2CC(=O)C3)c(F)c1. The first-order valence-electron chi connectivity index (χ1n) is 6.68. The van der Waals surface area contributed by atoms with Gasteiger partial charge < -0.3 is 4.90 Å². The fourth-order valence-corrected chi connectivity index (χ4v) is 3.35. The summed E-state index contributed by atoms with van der Waals surface area (Å²) >= 11 is 0. The van der Waals surface area contributed by atoms with Crippen molar-refractivity contribution in [2.45, 2.75) is 44.2 Å². The Morgan fingerprint density at radius 1 is 1.26 bits per heavy atom. The summed E-state index contributed by atoms with van der Waals surface area (Å²) in [6, 6.07) is 6.80. The molecule has 0 spiro atoms. The van der Waals surface area contributed by atoms with Crippen molar-refractivity contribution < 1.29 is 9.18 Å². The zero-order valence-electron chi connectivity index (χ0n) is 10.6. The molecule has 3 nitrogen and oxygen atoms in total. The first-order valence-corrected chi connectivity index (χ1v) is 6.68. The molecule has 2 atom stereocenters. The molecule has 0 N–H and O–H groups in total. The number of piperidine rings is 2. The normalized spacial score (nSPS) is 26.1. The smallest absolute Gasteiger partial charge is 0.147 e. The molecular formula is C15H15FN2O.